The molecular weight excluding hydrogens is 262 g/mol. The van der Waals surface area contributed by atoms with E-state index in [2.05, 4.69) is 4.72 Å². The van der Waals surface area contributed by atoms with Crippen LogP contribution < -0.4 is 9.46 Å². The van der Waals surface area contributed by atoms with Crippen molar-refractivity contribution in [2.24, 2.45) is 0 Å². The number of hydrogen-bond acceptors (Lipinski definition) is 3. The van der Waals surface area contributed by atoms with Gasteiger partial charge in [-0.1, -0.05) is 12.1 Å². The third-order valence-electron chi connectivity index (χ3n) is 2.05. The van der Waals surface area contributed by atoms with E-state index in [1.54, 1.807) is 0 Å². The molecule has 0 aromatic heterocycles. The Morgan fingerprint density at radius 1 is 1.41 bits per heavy atom. The lowest BCUT2D eigenvalue weighted by atomic mass is 10.2. The quantitative estimate of drug-likeness (QED) is 0.773. The van der Waals surface area contributed by atoms with Gasteiger partial charge in [0.25, 0.3) is 0 Å². The highest BCUT2D eigenvalue weighted by molar-refractivity contribution is 7.89. The molecule has 0 spiro atoms. The molecular formula is C11H16ClNO3S. The molecule has 0 aliphatic heterocycles. The lowest BCUT2D eigenvalue weighted by Gasteiger charge is -2.07. The van der Waals surface area contributed by atoms with E-state index in [1.807, 2.05) is 31.2 Å². The summed E-state index contributed by atoms with van der Waals surface area (Å²) in [5.74, 6) is 0.759. The van der Waals surface area contributed by atoms with Crippen molar-refractivity contribution in [3.63, 3.8) is 0 Å². The van der Waals surface area contributed by atoms with Gasteiger partial charge in [0.1, 0.15) is 5.75 Å². The molecule has 0 aliphatic carbocycles. The Morgan fingerprint density at radius 2 is 2.18 bits per heavy atom. The monoisotopic (exact) mass is 277 g/mol. The van der Waals surface area contributed by atoms with Crippen LogP contribution in [-0.4, -0.2) is 26.7 Å². The number of ether oxygens (including phenoxy) is 1. The Hall–Kier alpha value is -0.780. The molecule has 0 saturated heterocycles. The minimum atomic E-state index is -3.28. The van der Waals surface area contributed by atoms with E-state index in [0.29, 0.717) is 6.61 Å². The van der Waals surface area contributed by atoms with Crippen LogP contribution in [0, 0.1) is 0 Å². The van der Waals surface area contributed by atoms with Crippen LogP contribution in [0.5, 0.6) is 5.75 Å². The molecule has 0 atom stereocenters. The van der Waals surface area contributed by atoms with Gasteiger partial charge in [-0.25, -0.2) is 13.1 Å². The molecule has 0 heterocycles. The van der Waals surface area contributed by atoms with E-state index in [4.69, 9.17) is 16.3 Å². The zero-order valence-corrected chi connectivity index (χ0v) is 11.2. The lowest BCUT2D eigenvalue weighted by Crippen LogP contribution is -2.26. The summed E-state index contributed by atoms with van der Waals surface area (Å²) in [7, 11) is -3.28. The van der Waals surface area contributed by atoms with Gasteiger partial charge >= 0.3 is 0 Å². The Morgan fingerprint density at radius 3 is 2.82 bits per heavy atom. The van der Waals surface area contributed by atoms with E-state index in [-0.39, 0.29) is 18.2 Å². The summed E-state index contributed by atoms with van der Waals surface area (Å²) in [6.07, 6.45) is 0. The van der Waals surface area contributed by atoms with E-state index >= 15 is 0 Å². The minimum absolute atomic E-state index is 0.0697. The first-order valence-corrected chi connectivity index (χ1v) is 7.51. The van der Waals surface area contributed by atoms with Crippen LogP contribution in [-0.2, 0) is 16.6 Å². The predicted octanol–water partition coefficient (Wildman–Crippen LogP) is 1.74. The summed E-state index contributed by atoms with van der Waals surface area (Å²) < 4.78 is 30.6. The van der Waals surface area contributed by atoms with Crippen molar-refractivity contribution < 1.29 is 13.2 Å². The third-order valence-corrected chi connectivity index (χ3v) is 3.79. The normalized spacial score (nSPS) is 11.4. The Labute approximate surface area is 107 Å². The van der Waals surface area contributed by atoms with E-state index < -0.39 is 10.0 Å². The van der Waals surface area contributed by atoms with Crippen LogP contribution in [0.2, 0.25) is 0 Å². The summed E-state index contributed by atoms with van der Waals surface area (Å²) in [5, 5.41) is 0. The Kier molecular flexibility index (Phi) is 5.74. The molecule has 0 amide bonds. The lowest BCUT2D eigenvalue weighted by molar-refractivity contribution is 0.340. The highest BCUT2D eigenvalue weighted by atomic mass is 35.5. The maximum Gasteiger partial charge on any atom is 0.213 e. The standard InChI is InChI=1S/C11H16ClNO3S/c1-2-16-11-5-3-4-10(8-11)9-13-17(14,15)7-6-12/h3-5,8,13H,2,6-7,9H2,1H3. The molecule has 0 saturated carbocycles. The van der Waals surface area contributed by atoms with Gasteiger partial charge in [-0.3, -0.25) is 0 Å². The second-order valence-electron chi connectivity index (χ2n) is 3.41. The minimum Gasteiger partial charge on any atom is -0.494 e. The number of alkyl halides is 1. The molecule has 0 radical (unpaired) electrons. The first-order valence-electron chi connectivity index (χ1n) is 5.32. The van der Waals surface area contributed by atoms with Crippen molar-refractivity contribution in [1.82, 2.24) is 4.72 Å². The molecule has 1 rings (SSSR count). The van der Waals surface area contributed by atoms with Crippen LogP contribution in [0.1, 0.15) is 12.5 Å². The first-order chi connectivity index (χ1) is 8.07. The number of benzene rings is 1. The molecule has 6 heteroatoms. The maximum absolute atomic E-state index is 11.4. The second-order valence-corrected chi connectivity index (χ2v) is 5.71. The average molecular weight is 278 g/mol. The SMILES string of the molecule is CCOc1cccc(CNS(=O)(=O)CCCl)c1. The van der Waals surface area contributed by atoms with Gasteiger partial charge in [-0.2, -0.15) is 0 Å². The van der Waals surface area contributed by atoms with Crippen molar-refractivity contribution in [2.75, 3.05) is 18.2 Å². The van der Waals surface area contributed by atoms with Crippen LogP contribution in [0.4, 0.5) is 0 Å². The second kappa shape index (κ2) is 6.83. The van der Waals surface area contributed by atoms with E-state index in [9.17, 15) is 8.42 Å². The molecule has 96 valence electrons. The molecule has 4 nitrogen and oxygen atoms in total. The zero-order chi connectivity index (χ0) is 12.7. The van der Waals surface area contributed by atoms with Gasteiger partial charge in [-0.15, -0.1) is 11.6 Å². The van der Waals surface area contributed by atoms with Crippen molar-refractivity contribution >= 4 is 21.6 Å². The van der Waals surface area contributed by atoms with Crippen LogP contribution in [0.25, 0.3) is 0 Å². The third kappa shape index (κ3) is 5.39. The average Bonchev–Trinajstić information content (AvgIpc) is 2.28. The largest absolute Gasteiger partial charge is 0.494 e. The van der Waals surface area contributed by atoms with Gasteiger partial charge in [0, 0.05) is 12.4 Å². The van der Waals surface area contributed by atoms with Gasteiger partial charge in [0.05, 0.1) is 12.4 Å². The van der Waals surface area contributed by atoms with Crippen molar-refractivity contribution in [1.29, 1.82) is 0 Å². The number of sulfonamides is 1. The predicted molar refractivity (Wildman–Crippen MR) is 69.0 cm³/mol. The van der Waals surface area contributed by atoms with Crippen molar-refractivity contribution in [2.45, 2.75) is 13.5 Å². The molecule has 0 aliphatic rings. The molecule has 0 unspecified atom stereocenters. The molecule has 1 aromatic carbocycles. The molecule has 17 heavy (non-hydrogen) atoms. The number of rotatable bonds is 7. The molecule has 1 N–H and O–H groups in total. The first kappa shape index (κ1) is 14.3. The van der Waals surface area contributed by atoms with Crippen LogP contribution in [0.15, 0.2) is 24.3 Å². The Bertz CT molecular complexity index is 448. The zero-order valence-electron chi connectivity index (χ0n) is 9.65. The van der Waals surface area contributed by atoms with Gasteiger partial charge < -0.3 is 4.74 Å². The fourth-order valence-electron chi connectivity index (χ4n) is 1.28. The van der Waals surface area contributed by atoms with Crippen molar-refractivity contribution in [3.8, 4) is 5.75 Å². The summed E-state index contributed by atoms with van der Waals surface area (Å²) in [6.45, 7) is 2.73. The number of hydrogen-bond donors (Lipinski definition) is 1. The van der Waals surface area contributed by atoms with Gasteiger partial charge in [0.15, 0.2) is 0 Å². The molecule has 0 bridgehead atoms. The summed E-state index contributed by atoms with van der Waals surface area (Å²) in [5.41, 5.74) is 0.856. The van der Waals surface area contributed by atoms with Gasteiger partial charge in [0.2, 0.25) is 10.0 Å². The van der Waals surface area contributed by atoms with Crippen LogP contribution in [0.3, 0.4) is 0 Å². The Balaban J connectivity index is 2.60. The molecule has 1 aromatic rings. The van der Waals surface area contributed by atoms with Crippen molar-refractivity contribution in [3.05, 3.63) is 29.8 Å². The number of nitrogens with one attached hydrogen (secondary N) is 1. The smallest absolute Gasteiger partial charge is 0.213 e. The van der Waals surface area contributed by atoms with Gasteiger partial charge in [-0.05, 0) is 24.6 Å². The van der Waals surface area contributed by atoms with Crippen LogP contribution >= 0.6 is 11.6 Å². The summed E-state index contributed by atoms with van der Waals surface area (Å²) >= 11 is 5.40. The highest BCUT2D eigenvalue weighted by Crippen LogP contribution is 2.13. The topological polar surface area (TPSA) is 55.4 Å². The highest BCUT2D eigenvalue weighted by Gasteiger charge is 2.08. The summed E-state index contributed by atoms with van der Waals surface area (Å²) in [6, 6.07) is 7.31. The summed E-state index contributed by atoms with van der Waals surface area (Å²) in [4.78, 5) is 0. The van der Waals surface area contributed by atoms with E-state index in [0.717, 1.165) is 11.3 Å². The van der Waals surface area contributed by atoms with E-state index in [1.165, 1.54) is 0 Å². The number of halogens is 1. The fourth-order valence-corrected chi connectivity index (χ4v) is 2.62. The fraction of sp³-hybridized carbons (Fsp3) is 0.455. The molecule has 0 fully saturated rings. The maximum atomic E-state index is 11.4.